The normalized spacial score (nSPS) is 19.3. The maximum absolute atomic E-state index is 13.6. The fourth-order valence-electron chi connectivity index (χ4n) is 4.88. The number of nitrogens with one attached hydrogen (secondary N) is 1. The number of hydrogen-bond donors (Lipinski definition) is 2. The first kappa shape index (κ1) is 25.1. The molecule has 192 valence electrons. The van der Waals surface area contributed by atoms with Gasteiger partial charge in [0, 0.05) is 29.2 Å². The van der Waals surface area contributed by atoms with E-state index in [-0.39, 0.29) is 22.6 Å². The summed E-state index contributed by atoms with van der Waals surface area (Å²) in [6.45, 7) is 2.81. The molecule has 7 nitrogen and oxygen atoms in total. The molecule has 2 N–H and O–H groups in total. The number of hydrogen-bond acceptors (Lipinski definition) is 5. The van der Waals surface area contributed by atoms with Gasteiger partial charge in [-0.2, -0.15) is 0 Å². The Labute approximate surface area is 220 Å². The lowest BCUT2D eigenvalue weighted by Gasteiger charge is -2.31. The minimum atomic E-state index is -1.02. The molecule has 0 aliphatic heterocycles. The largest absolute Gasteiger partial charge is 0.477 e. The Hall–Kier alpha value is -3.52. The Morgan fingerprint density at radius 3 is 2.38 bits per heavy atom. The van der Waals surface area contributed by atoms with E-state index in [0.717, 1.165) is 49.0 Å². The topological polar surface area (TPSA) is 99.6 Å². The lowest BCUT2D eigenvalue weighted by atomic mass is 9.82. The molecule has 2 heterocycles. The Bertz CT molecular complexity index is 1280. The summed E-state index contributed by atoms with van der Waals surface area (Å²) in [4.78, 5) is 45.1. The number of anilines is 2. The van der Waals surface area contributed by atoms with Crippen molar-refractivity contribution in [1.82, 2.24) is 4.98 Å². The quantitative estimate of drug-likeness (QED) is 0.364. The minimum Gasteiger partial charge on any atom is -0.477 e. The molecule has 2 aromatic heterocycles. The predicted molar refractivity (Wildman–Crippen MR) is 145 cm³/mol. The number of carbonyl (C=O) groups is 3. The second-order valence-corrected chi connectivity index (χ2v) is 11.3. The molecule has 0 atom stereocenters. The molecule has 0 radical (unpaired) electrons. The molecule has 2 amide bonds. The fourth-order valence-corrected chi connectivity index (χ4v) is 5.89. The maximum atomic E-state index is 13.6. The smallest absolute Gasteiger partial charge is 0.348 e. The molecule has 2 aliphatic carbocycles. The van der Waals surface area contributed by atoms with Gasteiger partial charge in [-0.3, -0.25) is 14.6 Å². The van der Waals surface area contributed by atoms with E-state index in [0.29, 0.717) is 35.4 Å². The summed E-state index contributed by atoms with van der Waals surface area (Å²) in [6.07, 6.45) is 7.54. The number of aromatic carboxylic acids is 1. The number of pyridine rings is 1. The summed E-state index contributed by atoms with van der Waals surface area (Å²) in [5, 5.41) is 12.8. The highest BCUT2D eigenvalue weighted by Crippen LogP contribution is 2.41. The van der Waals surface area contributed by atoms with E-state index in [1.54, 1.807) is 41.4 Å². The predicted octanol–water partition coefficient (Wildman–Crippen LogP) is 6.33. The second kappa shape index (κ2) is 10.8. The van der Waals surface area contributed by atoms with E-state index < -0.39 is 5.97 Å². The van der Waals surface area contributed by atoms with Crippen molar-refractivity contribution in [3.8, 4) is 10.4 Å². The molecule has 37 heavy (non-hydrogen) atoms. The summed E-state index contributed by atoms with van der Waals surface area (Å²) >= 11 is 1.19. The summed E-state index contributed by atoms with van der Waals surface area (Å²) in [7, 11) is 0. The molecule has 2 aliphatic rings. The van der Waals surface area contributed by atoms with Crippen LogP contribution in [0.4, 0.5) is 11.4 Å². The monoisotopic (exact) mass is 517 g/mol. The molecule has 2 saturated carbocycles. The van der Waals surface area contributed by atoms with Crippen molar-refractivity contribution in [2.45, 2.75) is 45.4 Å². The second-order valence-electron chi connectivity index (χ2n) is 10.2. The first-order valence-corrected chi connectivity index (χ1v) is 13.7. The van der Waals surface area contributed by atoms with Crippen LogP contribution in [0.5, 0.6) is 0 Å². The van der Waals surface area contributed by atoms with E-state index in [1.165, 1.54) is 11.3 Å². The lowest BCUT2D eigenvalue weighted by Crippen LogP contribution is -2.39. The third-order valence-electron chi connectivity index (χ3n) is 7.29. The number of carbonyl (C=O) groups excluding carboxylic acids is 2. The van der Waals surface area contributed by atoms with Gasteiger partial charge >= 0.3 is 5.97 Å². The van der Waals surface area contributed by atoms with Gasteiger partial charge in [0.1, 0.15) is 10.6 Å². The van der Waals surface area contributed by atoms with Crippen molar-refractivity contribution in [3.63, 3.8) is 0 Å². The summed E-state index contributed by atoms with van der Waals surface area (Å²) in [5.41, 5.74) is 2.29. The molecule has 0 spiro atoms. The Balaban J connectivity index is 1.39. The molecule has 0 unspecified atom stereocenters. The van der Waals surface area contributed by atoms with Gasteiger partial charge in [-0.15, -0.1) is 11.3 Å². The number of amides is 2. The van der Waals surface area contributed by atoms with Crippen LogP contribution in [-0.4, -0.2) is 34.4 Å². The van der Waals surface area contributed by atoms with Crippen molar-refractivity contribution in [2.24, 2.45) is 17.8 Å². The van der Waals surface area contributed by atoms with Crippen LogP contribution in [0.15, 0.2) is 54.7 Å². The van der Waals surface area contributed by atoms with Crippen LogP contribution in [0.3, 0.4) is 0 Å². The standard InChI is InChI=1S/C29H31N3O4S/c1-18-5-9-21(10-6-18)28(34)32(17-19-7-8-19)24-16-25(37-26(24)29(35)36)20-11-13-22(14-12-20)31-27(33)23-4-2-3-15-30-23/h2-4,11-16,18-19,21H,5-10,17H2,1H3,(H,31,33)(H,35,36). The number of carboxylic acids is 1. The maximum Gasteiger partial charge on any atom is 0.348 e. The fraction of sp³-hybridized carbons (Fsp3) is 0.379. The van der Waals surface area contributed by atoms with Crippen LogP contribution < -0.4 is 10.2 Å². The van der Waals surface area contributed by atoms with Gasteiger partial charge in [0.05, 0.1) is 5.69 Å². The lowest BCUT2D eigenvalue weighted by molar-refractivity contribution is -0.123. The summed E-state index contributed by atoms with van der Waals surface area (Å²) in [6, 6.07) is 14.3. The minimum absolute atomic E-state index is 0.0399. The van der Waals surface area contributed by atoms with E-state index >= 15 is 0 Å². The first-order chi connectivity index (χ1) is 17.9. The zero-order valence-corrected chi connectivity index (χ0v) is 21.7. The van der Waals surface area contributed by atoms with E-state index in [2.05, 4.69) is 17.2 Å². The molecule has 8 heteroatoms. The van der Waals surface area contributed by atoms with Crippen LogP contribution in [0.1, 0.15) is 65.6 Å². The molecule has 3 aromatic rings. The van der Waals surface area contributed by atoms with Crippen molar-refractivity contribution < 1.29 is 19.5 Å². The van der Waals surface area contributed by atoms with E-state index in [1.807, 2.05) is 18.2 Å². The summed E-state index contributed by atoms with van der Waals surface area (Å²) in [5.74, 6) is -0.207. The van der Waals surface area contributed by atoms with E-state index in [4.69, 9.17) is 0 Å². The number of carboxylic acid groups (broad SMARTS) is 1. The Morgan fingerprint density at radius 2 is 1.76 bits per heavy atom. The van der Waals surface area contributed by atoms with Crippen LogP contribution >= 0.6 is 11.3 Å². The highest BCUT2D eigenvalue weighted by Gasteiger charge is 2.35. The molecule has 1 aromatic carbocycles. The van der Waals surface area contributed by atoms with Crippen molar-refractivity contribution in [2.75, 3.05) is 16.8 Å². The van der Waals surface area contributed by atoms with Crippen molar-refractivity contribution >= 4 is 40.5 Å². The molecule has 5 rings (SSSR count). The van der Waals surface area contributed by atoms with Gasteiger partial charge in [0.2, 0.25) is 5.91 Å². The number of nitrogens with zero attached hydrogens (tertiary/aromatic N) is 2. The Morgan fingerprint density at radius 1 is 1.03 bits per heavy atom. The number of aromatic nitrogens is 1. The Kier molecular flexibility index (Phi) is 7.37. The molecule has 2 fully saturated rings. The first-order valence-electron chi connectivity index (χ1n) is 12.9. The average Bonchev–Trinajstić information content (AvgIpc) is 3.63. The van der Waals surface area contributed by atoms with Gasteiger partial charge < -0.3 is 15.3 Å². The van der Waals surface area contributed by atoms with Crippen molar-refractivity contribution in [3.05, 3.63) is 65.3 Å². The molecule has 0 saturated heterocycles. The van der Waals surface area contributed by atoms with Gasteiger partial charge in [0.15, 0.2) is 0 Å². The highest BCUT2D eigenvalue weighted by atomic mass is 32.1. The highest BCUT2D eigenvalue weighted by molar-refractivity contribution is 7.18. The zero-order chi connectivity index (χ0) is 25.9. The number of rotatable bonds is 8. The molecular weight excluding hydrogens is 486 g/mol. The van der Waals surface area contributed by atoms with Crippen LogP contribution in [0.25, 0.3) is 10.4 Å². The number of thiophene rings is 1. The third kappa shape index (κ3) is 5.91. The van der Waals surface area contributed by atoms with Gasteiger partial charge in [-0.05, 0) is 86.3 Å². The molecular formula is C29H31N3O4S. The van der Waals surface area contributed by atoms with E-state index in [9.17, 15) is 19.5 Å². The SMILES string of the molecule is CC1CCC(C(=O)N(CC2CC2)c2cc(-c3ccc(NC(=O)c4ccccn4)cc3)sc2C(=O)O)CC1. The summed E-state index contributed by atoms with van der Waals surface area (Å²) < 4.78 is 0. The van der Waals surface area contributed by atoms with Gasteiger partial charge in [-0.1, -0.05) is 25.1 Å². The third-order valence-corrected chi connectivity index (χ3v) is 8.45. The molecule has 0 bridgehead atoms. The van der Waals surface area contributed by atoms with Crippen LogP contribution in [-0.2, 0) is 4.79 Å². The van der Waals surface area contributed by atoms with Crippen LogP contribution in [0.2, 0.25) is 0 Å². The number of benzene rings is 1. The van der Waals surface area contributed by atoms with Crippen LogP contribution in [0, 0.1) is 17.8 Å². The average molecular weight is 518 g/mol. The van der Waals surface area contributed by atoms with Gasteiger partial charge in [-0.25, -0.2) is 4.79 Å². The van der Waals surface area contributed by atoms with Crippen molar-refractivity contribution in [1.29, 1.82) is 0 Å². The van der Waals surface area contributed by atoms with Gasteiger partial charge in [0.25, 0.3) is 5.91 Å². The zero-order valence-electron chi connectivity index (χ0n) is 20.9.